The number of fused-ring (bicyclic) bond motifs is 2. The highest BCUT2D eigenvalue weighted by Gasteiger charge is 2.36. The third-order valence-corrected chi connectivity index (χ3v) is 4.30. The first-order valence-corrected chi connectivity index (χ1v) is 6.37. The van der Waals surface area contributed by atoms with Crippen LogP contribution in [0.2, 0.25) is 0 Å². The molecule has 1 heteroatoms. The fourth-order valence-electron chi connectivity index (χ4n) is 3.38. The topological polar surface area (TPSA) is 3.01 Å². The van der Waals surface area contributed by atoms with Crippen LogP contribution in [0.25, 0.3) is 0 Å². The maximum absolute atomic E-state index is 2.31. The fourth-order valence-corrected chi connectivity index (χ4v) is 3.38. The maximum atomic E-state index is 2.31. The highest BCUT2D eigenvalue weighted by atomic mass is 14.9. The zero-order valence-corrected chi connectivity index (χ0v) is 10.2. The molecule has 0 aromatic heterocycles. The summed E-state index contributed by atoms with van der Waals surface area (Å²) >= 11 is 0. The molecule has 0 radical (unpaired) electrons. The third kappa shape index (κ3) is 1.59. The monoisotopic (exact) mass is 214 g/mol. The normalized spacial score (nSPS) is 31.8. The molecule has 0 N–H and O–H groups in total. The number of nitrogens with zero attached hydrogens (tertiary/aromatic N) is 1. The van der Waals surface area contributed by atoms with Crippen molar-refractivity contribution in [2.75, 3.05) is 14.1 Å². The molecular weight excluding hydrogens is 194 g/mol. The van der Waals surface area contributed by atoms with Gasteiger partial charge in [-0.1, -0.05) is 5.57 Å². The van der Waals surface area contributed by atoms with Gasteiger partial charge in [-0.2, -0.15) is 0 Å². The maximum Gasteiger partial charge on any atom is 0.199 e. The van der Waals surface area contributed by atoms with Crippen LogP contribution in [-0.4, -0.2) is 24.4 Å². The molecule has 3 aliphatic rings. The molecule has 0 amide bonds. The van der Waals surface area contributed by atoms with Gasteiger partial charge in [0.2, 0.25) is 0 Å². The van der Waals surface area contributed by atoms with Gasteiger partial charge in [-0.3, -0.25) is 0 Å². The standard InChI is InChI=1S/C15H20N/c1-16(2)14-7-5-12(6-8-14)15-10-11-3-4-13(15)9-11/h5-8,11,13H,3-4,9-10H2,1-2H3/q+1. The van der Waals surface area contributed by atoms with Crippen LogP contribution in [0.1, 0.15) is 25.7 Å². The zero-order chi connectivity index (χ0) is 11.1. The highest BCUT2D eigenvalue weighted by Crippen LogP contribution is 2.49. The molecule has 0 heterocycles. The second-order valence-corrected chi connectivity index (χ2v) is 5.55. The van der Waals surface area contributed by atoms with Crippen LogP contribution < -0.4 is 0 Å². The highest BCUT2D eigenvalue weighted by molar-refractivity contribution is 6.02. The van der Waals surface area contributed by atoms with E-state index in [-0.39, 0.29) is 0 Å². The molecule has 0 aromatic rings. The van der Waals surface area contributed by atoms with Gasteiger partial charge in [-0.25, -0.2) is 4.58 Å². The van der Waals surface area contributed by atoms with Crippen molar-refractivity contribution in [2.24, 2.45) is 11.8 Å². The van der Waals surface area contributed by atoms with Crippen LogP contribution in [0.5, 0.6) is 0 Å². The molecular formula is C15H20N+. The van der Waals surface area contributed by atoms with Gasteiger partial charge in [0.1, 0.15) is 14.1 Å². The molecule has 0 spiro atoms. The van der Waals surface area contributed by atoms with Crippen molar-refractivity contribution in [1.29, 1.82) is 0 Å². The summed E-state index contributed by atoms with van der Waals surface area (Å²) in [4.78, 5) is 0. The minimum absolute atomic E-state index is 0.912. The van der Waals surface area contributed by atoms with E-state index in [0.717, 1.165) is 11.8 Å². The number of rotatable bonds is 0. The van der Waals surface area contributed by atoms with Crippen LogP contribution >= 0.6 is 0 Å². The Balaban J connectivity index is 1.89. The molecule has 2 fully saturated rings. The first-order chi connectivity index (χ1) is 7.74. The lowest BCUT2D eigenvalue weighted by molar-refractivity contribution is -0.462. The van der Waals surface area contributed by atoms with Crippen molar-refractivity contribution in [2.45, 2.75) is 25.7 Å². The van der Waals surface area contributed by atoms with Gasteiger partial charge < -0.3 is 0 Å². The van der Waals surface area contributed by atoms with E-state index in [1.165, 1.54) is 37.0 Å². The average molecular weight is 214 g/mol. The van der Waals surface area contributed by atoms with Crippen LogP contribution in [0.15, 0.2) is 35.5 Å². The van der Waals surface area contributed by atoms with E-state index in [9.17, 15) is 0 Å². The lowest BCUT2D eigenvalue weighted by atomic mass is 9.89. The second kappa shape index (κ2) is 3.73. The van der Waals surface area contributed by atoms with Crippen molar-refractivity contribution in [3.05, 3.63) is 35.5 Å². The summed E-state index contributed by atoms with van der Waals surface area (Å²) in [6, 6.07) is 0. The predicted molar refractivity (Wildman–Crippen MR) is 67.9 cm³/mol. The Labute approximate surface area is 97.9 Å². The van der Waals surface area contributed by atoms with Gasteiger partial charge in [-0.15, -0.1) is 0 Å². The number of hydrogen-bond acceptors (Lipinski definition) is 0. The SMILES string of the molecule is C[N+](C)=C1C=CC(=C2CC3CCC2C3)C=C1. The Kier molecular flexibility index (Phi) is 2.34. The van der Waals surface area contributed by atoms with Gasteiger partial charge in [-0.05, 0) is 55.2 Å². The summed E-state index contributed by atoms with van der Waals surface area (Å²) in [5.41, 5.74) is 4.53. The summed E-state index contributed by atoms with van der Waals surface area (Å²) in [5, 5.41) is 0. The van der Waals surface area contributed by atoms with Crippen molar-refractivity contribution in [3.8, 4) is 0 Å². The lowest BCUT2D eigenvalue weighted by Crippen LogP contribution is -2.10. The summed E-state index contributed by atoms with van der Waals surface area (Å²) in [6.45, 7) is 0. The van der Waals surface area contributed by atoms with E-state index in [0.29, 0.717) is 0 Å². The van der Waals surface area contributed by atoms with E-state index >= 15 is 0 Å². The van der Waals surface area contributed by atoms with E-state index in [1.54, 1.807) is 5.57 Å². The minimum atomic E-state index is 0.912. The van der Waals surface area contributed by atoms with Crippen LogP contribution in [0.3, 0.4) is 0 Å². The largest absolute Gasteiger partial charge is 0.235 e. The first kappa shape index (κ1) is 10.1. The molecule has 0 aromatic carbocycles. The predicted octanol–water partition coefficient (Wildman–Crippen LogP) is 2.94. The molecule has 2 unspecified atom stereocenters. The summed E-state index contributed by atoms with van der Waals surface area (Å²) in [6.07, 6.45) is 14.9. The quantitative estimate of drug-likeness (QED) is 0.545. The van der Waals surface area contributed by atoms with E-state index in [2.05, 4.69) is 43.0 Å². The van der Waals surface area contributed by atoms with Crippen molar-refractivity contribution >= 4 is 5.71 Å². The van der Waals surface area contributed by atoms with Crippen molar-refractivity contribution in [1.82, 2.24) is 0 Å². The van der Waals surface area contributed by atoms with Crippen molar-refractivity contribution in [3.63, 3.8) is 0 Å². The number of hydrogen-bond donors (Lipinski definition) is 0. The molecule has 2 bridgehead atoms. The Morgan fingerprint density at radius 3 is 2.31 bits per heavy atom. The third-order valence-electron chi connectivity index (χ3n) is 4.30. The smallest absolute Gasteiger partial charge is 0.199 e. The van der Waals surface area contributed by atoms with Gasteiger partial charge in [0, 0.05) is 12.2 Å². The van der Waals surface area contributed by atoms with Crippen LogP contribution in [0.4, 0.5) is 0 Å². The molecule has 3 rings (SSSR count). The van der Waals surface area contributed by atoms with Crippen LogP contribution in [0, 0.1) is 11.8 Å². The molecule has 1 nitrogen and oxygen atoms in total. The number of allylic oxidation sites excluding steroid dienone is 6. The molecule has 2 saturated carbocycles. The van der Waals surface area contributed by atoms with E-state index < -0.39 is 0 Å². The molecule has 0 aliphatic heterocycles. The average Bonchev–Trinajstić information content (AvgIpc) is 2.91. The zero-order valence-electron chi connectivity index (χ0n) is 10.2. The van der Waals surface area contributed by atoms with Crippen LogP contribution in [-0.2, 0) is 0 Å². The minimum Gasteiger partial charge on any atom is -0.235 e. The van der Waals surface area contributed by atoms with Crippen molar-refractivity contribution < 1.29 is 4.58 Å². The molecule has 16 heavy (non-hydrogen) atoms. The van der Waals surface area contributed by atoms with Gasteiger partial charge in [0.25, 0.3) is 0 Å². The molecule has 0 saturated heterocycles. The Hall–Kier alpha value is -1.11. The Morgan fingerprint density at radius 2 is 1.81 bits per heavy atom. The Bertz CT molecular complexity index is 412. The molecule has 3 aliphatic carbocycles. The molecule has 84 valence electrons. The lowest BCUT2D eigenvalue weighted by Gasteiger charge is -2.16. The van der Waals surface area contributed by atoms with Gasteiger partial charge >= 0.3 is 0 Å². The summed E-state index contributed by atoms with van der Waals surface area (Å²) in [7, 11) is 4.19. The molecule has 2 atom stereocenters. The summed E-state index contributed by atoms with van der Waals surface area (Å²) < 4.78 is 2.16. The Morgan fingerprint density at radius 1 is 1.06 bits per heavy atom. The first-order valence-electron chi connectivity index (χ1n) is 6.37. The fraction of sp³-hybridized carbons (Fsp3) is 0.533. The second-order valence-electron chi connectivity index (χ2n) is 5.55. The van der Waals surface area contributed by atoms with E-state index in [1.807, 2.05) is 0 Å². The van der Waals surface area contributed by atoms with Gasteiger partial charge in [0.05, 0.1) is 0 Å². The van der Waals surface area contributed by atoms with Gasteiger partial charge in [0.15, 0.2) is 5.71 Å². The van der Waals surface area contributed by atoms with E-state index in [4.69, 9.17) is 0 Å². The summed E-state index contributed by atoms with van der Waals surface area (Å²) in [5.74, 6) is 1.92.